The van der Waals surface area contributed by atoms with Crippen LogP contribution >= 0.6 is 0 Å². The van der Waals surface area contributed by atoms with Crippen molar-refractivity contribution in [3.05, 3.63) is 23.0 Å². The van der Waals surface area contributed by atoms with Gasteiger partial charge in [-0.1, -0.05) is 0 Å². The second-order valence-electron chi connectivity index (χ2n) is 3.29. The lowest BCUT2D eigenvalue weighted by molar-refractivity contribution is 0.597. The summed E-state index contributed by atoms with van der Waals surface area (Å²) in [7, 11) is -2.10. The van der Waals surface area contributed by atoms with Crippen LogP contribution in [0.3, 0.4) is 0 Å². The molecule has 8 heteroatoms. The Balaban J connectivity index is 3.09. The molecule has 0 unspecified atom stereocenters. The molecule has 0 aliphatic carbocycles. The molecule has 84 valence electrons. The number of rotatable bonds is 1. The highest BCUT2D eigenvalue weighted by Crippen LogP contribution is 2.15. The number of nitrogens with zero attached hydrogens (tertiary/aromatic N) is 4. The minimum atomic E-state index is -3.57. The average Bonchev–Trinajstić information content (AvgIpc) is 2.22. The van der Waals surface area contributed by atoms with Gasteiger partial charge in [-0.2, -0.15) is 4.98 Å². The lowest BCUT2D eigenvalue weighted by Gasteiger charge is -2.05. The van der Waals surface area contributed by atoms with Gasteiger partial charge in [-0.05, 0) is 0 Å². The molecule has 0 aliphatic heterocycles. The summed E-state index contributed by atoms with van der Waals surface area (Å²) < 4.78 is 24.1. The first-order valence-corrected chi connectivity index (χ1v) is 6.17. The van der Waals surface area contributed by atoms with Crippen molar-refractivity contribution in [2.45, 2.75) is 5.03 Å². The van der Waals surface area contributed by atoms with Gasteiger partial charge < -0.3 is 0 Å². The molecule has 0 aliphatic rings. The Hall–Kier alpha value is -1.83. The first-order valence-electron chi connectivity index (χ1n) is 4.28. The fourth-order valence-corrected chi connectivity index (χ4v) is 2.12. The van der Waals surface area contributed by atoms with Gasteiger partial charge in [0.2, 0.25) is 0 Å². The van der Waals surface area contributed by atoms with Crippen LogP contribution in [0, 0.1) is 0 Å². The molecule has 0 saturated carbocycles. The van der Waals surface area contributed by atoms with E-state index in [1.54, 1.807) is 0 Å². The number of sulfone groups is 1. The maximum atomic E-state index is 11.4. The van der Waals surface area contributed by atoms with E-state index in [9.17, 15) is 13.2 Å². The number of aromatic nitrogens is 4. The zero-order chi connectivity index (χ0) is 11.9. The average molecular weight is 240 g/mol. The van der Waals surface area contributed by atoms with E-state index in [4.69, 9.17) is 0 Å². The summed E-state index contributed by atoms with van der Waals surface area (Å²) in [5.74, 6) is 0. The van der Waals surface area contributed by atoms with E-state index in [1.807, 2.05) is 0 Å². The molecule has 0 spiro atoms. The van der Waals surface area contributed by atoms with Crippen LogP contribution in [0.5, 0.6) is 0 Å². The predicted molar refractivity (Wildman–Crippen MR) is 55.7 cm³/mol. The van der Waals surface area contributed by atoms with Crippen molar-refractivity contribution in [2.24, 2.45) is 7.05 Å². The molecule has 7 nitrogen and oxygen atoms in total. The molecule has 0 atom stereocenters. The van der Waals surface area contributed by atoms with E-state index < -0.39 is 15.5 Å². The molecule has 2 rings (SSSR count). The third-order valence-electron chi connectivity index (χ3n) is 2.07. The third-order valence-corrected chi connectivity index (χ3v) is 3.09. The summed E-state index contributed by atoms with van der Waals surface area (Å²) in [6.45, 7) is 0. The van der Waals surface area contributed by atoms with Crippen molar-refractivity contribution in [3.63, 3.8) is 0 Å². The molecule has 0 radical (unpaired) electrons. The lowest BCUT2D eigenvalue weighted by atomic mass is 10.4. The Labute approximate surface area is 90.7 Å². The van der Waals surface area contributed by atoms with Gasteiger partial charge in [0.15, 0.2) is 14.9 Å². The molecule has 0 aromatic carbocycles. The minimum Gasteiger partial charge on any atom is -0.279 e. The summed E-state index contributed by atoms with van der Waals surface area (Å²) in [5, 5.41) is -0.0432. The molecular formula is C8H8N4O3S. The summed E-state index contributed by atoms with van der Waals surface area (Å²) in [4.78, 5) is 22.5. The second kappa shape index (κ2) is 3.34. The molecule has 2 aromatic rings. The third kappa shape index (κ3) is 1.56. The minimum absolute atomic E-state index is 0.243. The SMILES string of the molecule is Cn1c(=O)nc(S(C)(=O)=O)c2cncnc21. The number of aryl methyl sites for hydroxylation is 1. The van der Waals surface area contributed by atoms with Crippen molar-refractivity contribution in [2.75, 3.05) is 6.26 Å². The smallest absolute Gasteiger partial charge is 0.279 e. The molecule has 2 aromatic heterocycles. The van der Waals surface area contributed by atoms with Crippen LogP contribution in [0.1, 0.15) is 0 Å². The van der Waals surface area contributed by atoms with Crippen molar-refractivity contribution < 1.29 is 8.42 Å². The molecule has 2 heterocycles. The quantitative estimate of drug-likeness (QED) is 0.601. The van der Waals surface area contributed by atoms with Crippen molar-refractivity contribution >= 4 is 20.9 Å². The van der Waals surface area contributed by atoms with Crippen molar-refractivity contribution in [3.8, 4) is 0 Å². The van der Waals surface area contributed by atoms with E-state index in [1.165, 1.54) is 24.1 Å². The van der Waals surface area contributed by atoms with E-state index in [0.29, 0.717) is 0 Å². The molecule has 0 N–H and O–H groups in total. The number of fused-ring (bicyclic) bond motifs is 1. The molecule has 16 heavy (non-hydrogen) atoms. The van der Waals surface area contributed by atoms with Gasteiger partial charge >= 0.3 is 5.69 Å². The highest BCUT2D eigenvalue weighted by atomic mass is 32.2. The summed E-state index contributed by atoms with van der Waals surface area (Å²) in [6.07, 6.45) is 3.56. The summed E-state index contributed by atoms with van der Waals surface area (Å²) in [6, 6.07) is 0. The van der Waals surface area contributed by atoms with E-state index in [2.05, 4.69) is 15.0 Å². The van der Waals surface area contributed by atoms with Crippen LogP contribution < -0.4 is 5.69 Å². The Morgan fingerprint density at radius 2 is 2.06 bits per heavy atom. The normalized spacial score (nSPS) is 11.9. The Morgan fingerprint density at radius 3 is 2.69 bits per heavy atom. The maximum Gasteiger partial charge on any atom is 0.350 e. The predicted octanol–water partition coefficient (Wildman–Crippen LogP) is -0.873. The van der Waals surface area contributed by atoms with E-state index in [-0.39, 0.29) is 16.1 Å². The zero-order valence-corrected chi connectivity index (χ0v) is 9.39. The van der Waals surface area contributed by atoms with Crippen LogP contribution in [0.25, 0.3) is 11.0 Å². The van der Waals surface area contributed by atoms with Gasteiger partial charge in [0.1, 0.15) is 12.0 Å². The van der Waals surface area contributed by atoms with Crippen molar-refractivity contribution in [1.82, 2.24) is 19.5 Å². The van der Waals surface area contributed by atoms with E-state index >= 15 is 0 Å². The lowest BCUT2D eigenvalue weighted by Crippen LogP contribution is -2.24. The standard InChI is InChI=1S/C8H8N4O3S/c1-12-6-5(3-9-4-10-6)7(11-8(12)13)16(2,14)15/h3-4H,1-2H3. The highest BCUT2D eigenvalue weighted by molar-refractivity contribution is 7.90. The number of hydrogen-bond acceptors (Lipinski definition) is 6. The van der Waals surface area contributed by atoms with Crippen LogP contribution in [0.15, 0.2) is 22.3 Å². The highest BCUT2D eigenvalue weighted by Gasteiger charge is 2.17. The monoisotopic (exact) mass is 240 g/mol. The summed E-state index contributed by atoms with van der Waals surface area (Å²) >= 11 is 0. The number of hydrogen-bond donors (Lipinski definition) is 0. The first-order chi connectivity index (χ1) is 7.41. The van der Waals surface area contributed by atoms with Crippen LogP contribution in [-0.4, -0.2) is 34.2 Å². The second-order valence-corrected chi connectivity index (χ2v) is 5.22. The fraction of sp³-hybridized carbons (Fsp3) is 0.250. The van der Waals surface area contributed by atoms with Crippen molar-refractivity contribution in [1.29, 1.82) is 0 Å². The van der Waals surface area contributed by atoms with Gasteiger partial charge in [-0.15, -0.1) is 0 Å². The van der Waals surface area contributed by atoms with Crippen LogP contribution in [0.2, 0.25) is 0 Å². The largest absolute Gasteiger partial charge is 0.350 e. The first kappa shape index (κ1) is 10.7. The maximum absolute atomic E-state index is 11.4. The Morgan fingerprint density at radius 1 is 1.38 bits per heavy atom. The fourth-order valence-electron chi connectivity index (χ4n) is 1.34. The summed E-state index contributed by atoms with van der Waals surface area (Å²) in [5.41, 5.74) is -0.415. The van der Waals surface area contributed by atoms with Gasteiger partial charge in [0.05, 0.1) is 5.39 Å². The van der Waals surface area contributed by atoms with Crippen LogP contribution in [-0.2, 0) is 16.9 Å². The Bertz CT molecular complexity index is 720. The van der Waals surface area contributed by atoms with Gasteiger partial charge in [-0.3, -0.25) is 4.57 Å². The molecule has 0 amide bonds. The Kier molecular flexibility index (Phi) is 2.23. The zero-order valence-electron chi connectivity index (χ0n) is 8.58. The van der Waals surface area contributed by atoms with Gasteiger partial charge in [0, 0.05) is 19.5 Å². The van der Waals surface area contributed by atoms with Gasteiger partial charge in [0.25, 0.3) is 0 Å². The molecule has 0 bridgehead atoms. The molecule has 0 fully saturated rings. The van der Waals surface area contributed by atoms with E-state index in [0.717, 1.165) is 6.26 Å². The topological polar surface area (TPSA) is 94.8 Å². The van der Waals surface area contributed by atoms with Gasteiger partial charge in [-0.25, -0.2) is 23.2 Å². The molecular weight excluding hydrogens is 232 g/mol. The molecule has 0 saturated heterocycles. The van der Waals surface area contributed by atoms with Crippen LogP contribution in [0.4, 0.5) is 0 Å².